The second-order valence-electron chi connectivity index (χ2n) is 3.63. The van der Waals surface area contributed by atoms with Crippen molar-refractivity contribution in [2.75, 3.05) is 5.32 Å². The van der Waals surface area contributed by atoms with E-state index >= 15 is 0 Å². The van der Waals surface area contributed by atoms with Crippen molar-refractivity contribution in [2.45, 2.75) is 0 Å². The lowest BCUT2D eigenvalue weighted by Gasteiger charge is -2.10. The molecule has 0 aliphatic rings. The molecule has 0 radical (unpaired) electrons. The second-order valence-corrected chi connectivity index (χ2v) is 3.63. The van der Waals surface area contributed by atoms with Gasteiger partial charge in [0, 0.05) is 24.2 Å². The highest BCUT2D eigenvalue weighted by molar-refractivity contribution is 6.10. The lowest BCUT2D eigenvalue weighted by atomic mass is 10.1. The minimum absolute atomic E-state index is 0.0544. The van der Waals surface area contributed by atoms with Gasteiger partial charge in [-0.25, -0.2) is 0 Å². The molecule has 0 aliphatic carbocycles. The number of hydrogen-bond donors (Lipinski definition) is 1. The van der Waals surface area contributed by atoms with E-state index in [2.05, 4.69) is 10.4 Å². The summed E-state index contributed by atoms with van der Waals surface area (Å²) < 4.78 is 1.47. The number of nitrogens with one attached hydrogen (secondary N) is 1. The van der Waals surface area contributed by atoms with Crippen LogP contribution >= 0.6 is 0 Å². The lowest BCUT2D eigenvalue weighted by molar-refractivity contribution is -0.255. The van der Waals surface area contributed by atoms with Gasteiger partial charge in [-0.1, -0.05) is 18.2 Å². The maximum absolute atomic E-state index is 11.9. The Kier molecular flexibility index (Phi) is 3.09. The van der Waals surface area contributed by atoms with Crippen LogP contribution in [0, 0.1) is 0 Å². The zero-order valence-corrected chi connectivity index (χ0v) is 9.58. The molecular formula is C12H10N3O3-. The summed E-state index contributed by atoms with van der Waals surface area (Å²) in [5.74, 6) is -1.42. The molecule has 1 N–H and O–H groups in total. The van der Waals surface area contributed by atoms with E-state index in [1.807, 2.05) is 0 Å². The van der Waals surface area contributed by atoms with E-state index in [9.17, 15) is 14.7 Å². The van der Waals surface area contributed by atoms with Crippen molar-refractivity contribution in [1.82, 2.24) is 9.78 Å². The number of carbonyl (C=O) groups is 2. The maximum Gasteiger partial charge on any atom is 0.257 e. The van der Waals surface area contributed by atoms with Crippen LogP contribution in [-0.4, -0.2) is 21.7 Å². The highest BCUT2D eigenvalue weighted by Crippen LogP contribution is 2.11. The number of aryl methyl sites for hydroxylation is 1. The van der Waals surface area contributed by atoms with E-state index in [1.165, 1.54) is 29.1 Å². The first kappa shape index (κ1) is 11.8. The molecule has 2 rings (SSSR count). The molecule has 0 aliphatic heterocycles. The molecule has 0 fully saturated rings. The van der Waals surface area contributed by atoms with Gasteiger partial charge in [0.2, 0.25) is 0 Å². The lowest BCUT2D eigenvalue weighted by Crippen LogP contribution is -2.26. The topological polar surface area (TPSA) is 87.0 Å². The zero-order chi connectivity index (χ0) is 13.1. The molecule has 92 valence electrons. The summed E-state index contributed by atoms with van der Waals surface area (Å²) in [6.45, 7) is 0. The molecule has 0 spiro atoms. The normalized spacial score (nSPS) is 10.1. The highest BCUT2D eigenvalue weighted by Gasteiger charge is 2.12. The summed E-state index contributed by atoms with van der Waals surface area (Å²) in [4.78, 5) is 22.8. The van der Waals surface area contributed by atoms with Gasteiger partial charge in [-0.2, -0.15) is 5.10 Å². The van der Waals surface area contributed by atoms with Gasteiger partial charge >= 0.3 is 0 Å². The molecule has 1 aromatic carbocycles. The first-order valence-corrected chi connectivity index (χ1v) is 5.19. The van der Waals surface area contributed by atoms with Crippen molar-refractivity contribution in [2.24, 2.45) is 7.05 Å². The summed E-state index contributed by atoms with van der Waals surface area (Å²) in [6, 6.07) is 7.49. The van der Waals surface area contributed by atoms with Crippen molar-refractivity contribution in [3.8, 4) is 0 Å². The van der Waals surface area contributed by atoms with Crippen LogP contribution in [0.2, 0.25) is 0 Å². The SMILES string of the molecule is Cn1nccc1NC(=O)c1ccccc1C(=O)[O-]. The predicted molar refractivity (Wildman–Crippen MR) is 61.9 cm³/mol. The average molecular weight is 244 g/mol. The summed E-state index contributed by atoms with van der Waals surface area (Å²) in [7, 11) is 1.67. The number of aromatic carboxylic acids is 1. The third-order valence-corrected chi connectivity index (χ3v) is 2.45. The Hall–Kier alpha value is -2.63. The number of amides is 1. The monoisotopic (exact) mass is 244 g/mol. The first-order valence-electron chi connectivity index (χ1n) is 5.19. The fourth-order valence-electron chi connectivity index (χ4n) is 1.54. The van der Waals surface area contributed by atoms with Gasteiger partial charge in [-0.15, -0.1) is 0 Å². The Morgan fingerprint density at radius 1 is 1.22 bits per heavy atom. The Bertz CT molecular complexity index is 604. The number of carbonyl (C=O) groups excluding carboxylic acids is 2. The smallest absolute Gasteiger partial charge is 0.257 e. The van der Waals surface area contributed by atoms with Crippen LogP contribution in [0.4, 0.5) is 5.82 Å². The van der Waals surface area contributed by atoms with Crippen molar-refractivity contribution in [1.29, 1.82) is 0 Å². The standard InChI is InChI=1S/C12H11N3O3/c1-15-10(6-7-13-15)14-11(16)8-4-2-3-5-9(8)12(17)18/h2-7H,1H3,(H,14,16)(H,17,18)/p-1. The van der Waals surface area contributed by atoms with Gasteiger partial charge < -0.3 is 15.2 Å². The minimum atomic E-state index is -1.38. The van der Waals surface area contributed by atoms with Gasteiger partial charge in [0.25, 0.3) is 5.91 Å². The van der Waals surface area contributed by atoms with Gasteiger partial charge in [0.15, 0.2) is 0 Å². The molecule has 1 amide bonds. The third kappa shape index (κ3) is 2.22. The summed E-state index contributed by atoms with van der Waals surface area (Å²) in [5, 5.41) is 17.4. The van der Waals surface area contributed by atoms with Gasteiger partial charge in [0.1, 0.15) is 5.82 Å². The van der Waals surface area contributed by atoms with E-state index in [0.717, 1.165) is 0 Å². The van der Waals surface area contributed by atoms with Crippen molar-refractivity contribution in [3.05, 3.63) is 47.7 Å². The van der Waals surface area contributed by atoms with Crippen molar-refractivity contribution < 1.29 is 14.7 Å². The van der Waals surface area contributed by atoms with Crippen LogP contribution < -0.4 is 10.4 Å². The quantitative estimate of drug-likeness (QED) is 0.825. The van der Waals surface area contributed by atoms with Crippen LogP contribution in [0.15, 0.2) is 36.5 Å². The van der Waals surface area contributed by atoms with Crippen LogP contribution in [0.25, 0.3) is 0 Å². The Labute approximate surface area is 103 Å². The fraction of sp³-hybridized carbons (Fsp3) is 0.0833. The van der Waals surface area contributed by atoms with E-state index in [4.69, 9.17) is 0 Å². The Morgan fingerprint density at radius 3 is 2.44 bits per heavy atom. The largest absolute Gasteiger partial charge is 0.545 e. The van der Waals surface area contributed by atoms with Gasteiger partial charge in [-0.3, -0.25) is 9.48 Å². The minimum Gasteiger partial charge on any atom is -0.545 e. The van der Waals surface area contributed by atoms with Crippen LogP contribution in [0.5, 0.6) is 0 Å². The molecule has 6 nitrogen and oxygen atoms in total. The molecule has 0 unspecified atom stereocenters. The predicted octanol–water partition coefficient (Wildman–Crippen LogP) is 0.0359. The second kappa shape index (κ2) is 4.70. The Morgan fingerprint density at radius 2 is 1.89 bits per heavy atom. The number of aromatic nitrogens is 2. The van der Waals surface area contributed by atoms with E-state index in [-0.39, 0.29) is 11.1 Å². The van der Waals surface area contributed by atoms with E-state index in [0.29, 0.717) is 5.82 Å². The molecule has 18 heavy (non-hydrogen) atoms. The van der Waals surface area contributed by atoms with E-state index < -0.39 is 11.9 Å². The number of nitrogens with zero attached hydrogens (tertiary/aromatic N) is 2. The number of carboxylic acid groups (broad SMARTS) is 1. The number of anilines is 1. The molecule has 1 heterocycles. The zero-order valence-electron chi connectivity index (χ0n) is 9.58. The summed E-state index contributed by atoms with van der Waals surface area (Å²) >= 11 is 0. The molecule has 1 aromatic heterocycles. The molecule has 0 atom stereocenters. The molecule has 0 bridgehead atoms. The average Bonchev–Trinajstić information content (AvgIpc) is 2.75. The molecular weight excluding hydrogens is 234 g/mol. The van der Waals surface area contributed by atoms with Crippen molar-refractivity contribution >= 4 is 17.7 Å². The summed E-state index contributed by atoms with van der Waals surface area (Å²) in [6.07, 6.45) is 1.53. The fourth-order valence-corrected chi connectivity index (χ4v) is 1.54. The highest BCUT2D eigenvalue weighted by atomic mass is 16.4. The van der Waals surface area contributed by atoms with E-state index in [1.54, 1.807) is 19.2 Å². The van der Waals surface area contributed by atoms with Crippen LogP contribution in [-0.2, 0) is 7.05 Å². The van der Waals surface area contributed by atoms with Crippen molar-refractivity contribution in [3.63, 3.8) is 0 Å². The maximum atomic E-state index is 11.9. The third-order valence-electron chi connectivity index (χ3n) is 2.45. The Balaban J connectivity index is 2.30. The molecule has 0 saturated heterocycles. The molecule has 6 heteroatoms. The number of carboxylic acids is 1. The van der Waals surface area contributed by atoms with Crippen LogP contribution in [0.3, 0.4) is 0 Å². The first-order chi connectivity index (χ1) is 8.59. The molecule has 2 aromatic rings. The number of hydrogen-bond acceptors (Lipinski definition) is 4. The van der Waals surface area contributed by atoms with Crippen LogP contribution in [0.1, 0.15) is 20.7 Å². The molecule has 0 saturated carbocycles. The number of benzene rings is 1. The number of rotatable bonds is 3. The summed E-state index contributed by atoms with van der Waals surface area (Å²) in [5.41, 5.74) is -0.0872. The van der Waals surface area contributed by atoms with Gasteiger partial charge in [-0.05, 0) is 6.07 Å². The van der Waals surface area contributed by atoms with Gasteiger partial charge in [0.05, 0.1) is 12.2 Å².